The summed E-state index contributed by atoms with van der Waals surface area (Å²) in [6.07, 6.45) is -0.658. The van der Waals surface area contributed by atoms with Crippen molar-refractivity contribution in [2.24, 2.45) is 5.92 Å². The molecule has 0 radical (unpaired) electrons. The molecule has 0 fully saturated rings. The highest BCUT2D eigenvalue weighted by Crippen LogP contribution is 2.12. The lowest BCUT2D eigenvalue weighted by Gasteiger charge is -2.12. The van der Waals surface area contributed by atoms with Gasteiger partial charge in [0.15, 0.2) is 0 Å². The van der Waals surface area contributed by atoms with Gasteiger partial charge >= 0.3 is 0 Å². The highest BCUT2D eigenvalue weighted by atomic mass is 19.1. The zero-order valence-corrected chi connectivity index (χ0v) is 11.9. The first-order chi connectivity index (χ1) is 9.49. The minimum absolute atomic E-state index is 0.0620. The number of carbonyl (C=O) groups is 1. The molecule has 1 amide bonds. The van der Waals surface area contributed by atoms with E-state index in [1.807, 2.05) is 13.8 Å². The molecule has 5 heteroatoms. The van der Waals surface area contributed by atoms with Gasteiger partial charge in [-0.05, 0) is 23.6 Å². The third-order valence-electron chi connectivity index (χ3n) is 2.65. The minimum atomic E-state index is -0.911. The Hall–Kier alpha value is -1.46. The van der Waals surface area contributed by atoms with Gasteiger partial charge < -0.3 is 15.2 Å². The second-order valence-corrected chi connectivity index (χ2v) is 5.09. The van der Waals surface area contributed by atoms with E-state index < -0.39 is 11.9 Å². The van der Waals surface area contributed by atoms with Crippen LogP contribution in [0.25, 0.3) is 0 Å². The number of ether oxygens (including phenoxy) is 1. The summed E-state index contributed by atoms with van der Waals surface area (Å²) >= 11 is 0. The van der Waals surface area contributed by atoms with Crippen molar-refractivity contribution in [1.29, 1.82) is 0 Å². The third-order valence-corrected chi connectivity index (χ3v) is 2.65. The molecule has 0 aliphatic rings. The SMILES string of the molecule is CC(C)COCCC(=O)NCC(O)c1cccc(F)c1. The Morgan fingerprint density at radius 1 is 1.45 bits per heavy atom. The van der Waals surface area contributed by atoms with Crippen LogP contribution in [0.4, 0.5) is 4.39 Å². The summed E-state index contributed by atoms with van der Waals surface area (Å²) in [6, 6.07) is 5.70. The Morgan fingerprint density at radius 3 is 2.85 bits per heavy atom. The molecule has 0 aromatic heterocycles. The van der Waals surface area contributed by atoms with Crippen molar-refractivity contribution in [3.8, 4) is 0 Å². The molecule has 1 aromatic carbocycles. The van der Waals surface area contributed by atoms with Gasteiger partial charge in [0.25, 0.3) is 0 Å². The van der Waals surface area contributed by atoms with E-state index in [1.165, 1.54) is 18.2 Å². The van der Waals surface area contributed by atoms with E-state index in [0.29, 0.717) is 24.7 Å². The molecule has 0 aliphatic carbocycles. The van der Waals surface area contributed by atoms with Crippen LogP contribution in [-0.2, 0) is 9.53 Å². The van der Waals surface area contributed by atoms with E-state index in [4.69, 9.17) is 4.74 Å². The van der Waals surface area contributed by atoms with Gasteiger partial charge in [-0.2, -0.15) is 0 Å². The van der Waals surface area contributed by atoms with Crippen molar-refractivity contribution in [3.05, 3.63) is 35.6 Å². The molecule has 1 unspecified atom stereocenters. The predicted molar refractivity (Wildman–Crippen MR) is 74.6 cm³/mol. The fourth-order valence-corrected chi connectivity index (χ4v) is 1.61. The quantitative estimate of drug-likeness (QED) is 0.718. The van der Waals surface area contributed by atoms with Crippen molar-refractivity contribution in [1.82, 2.24) is 5.32 Å². The van der Waals surface area contributed by atoms with Gasteiger partial charge in [0.05, 0.1) is 12.7 Å². The summed E-state index contributed by atoms with van der Waals surface area (Å²) in [4.78, 5) is 11.5. The van der Waals surface area contributed by atoms with Crippen LogP contribution in [0.1, 0.15) is 31.9 Å². The normalized spacial score (nSPS) is 12.4. The Balaban J connectivity index is 2.23. The predicted octanol–water partition coefficient (Wildman–Crippen LogP) is 2.04. The third kappa shape index (κ3) is 6.63. The fraction of sp³-hybridized carbons (Fsp3) is 0.533. The maximum absolute atomic E-state index is 13.0. The molecule has 1 aromatic rings. The smallest absolute Gasteiger partial charge is 0.222 e. The first kappa shape index (κ1) is 16.6. The lowest BCUT2D eigenvalue weighted by Crippen LogP contribution is -2.29. The van der Waals surface area contributed by atoms with Crippen LogP contribution in [-0.4, -0.2) is 30.8 Å². The number of halogens is 1. The van der Waals surface area contributed by atoms with Crippen LogP contribution >= 0.6 is 0 Å². The van der Waals surface area contributed by atoms with Crippen LogP contribution in [0.2, 0.25) is 0 Å². The number of amides is 1. The first-order valence-electron chi connectivity index (χ1n) is 6.77. The summed E-state index contributed by atoms with van der Waals surface area (Å²) in [7, 11) is 0. The van der Waals surface area contributed by atoms with Gasteiger partial charge in [-0.3, -0.25) is 4.79 Å². The largest absolute Gasteiger partial charge is 0.387 e. The Bertz CT molecular complexity index is 423. The van der Waals surface area contributed by atoms with Crippen LogP contribution in [0, 0.1) is 11.7 Å². The molecule has 0 spiro atoms. The summed E-state index contributed by atoms with van der Waals surface area (Å²) in [5.41, 5.74) is 0.446. The molecule has 0 saturated carbocycles. The second kappa shape index (κ2) is 8.66. The topological polar surface area (TPSA) is 58.6 Å². The number of hydrogen-bond donors (Lipinski definition) is 2. The van der Waals surface area contributed by atoms with Gasteiger partial charge in [-0.25, -0.2) is 4.39 Å². The zero-order chi connectivity index (χ0) is 15.0. The molecule has 0 bridgehead atoms. The van der Waals surface area contributed by atoms with Gasteiger partial charge in [-0.15, -0.1) is 0 Å². The lowest BCUT2D eigenvalue weighted by molar-refractivity contribution is -0.122. The van der Waals surface area contributed by atoms with E-state index in [9.17, 15) is 14.3 Å². The molecular weight excluding hydrogens is 261 g/mol. The van der Waals surface area contributed by atoms with Crippen LogP contribution in [0.5, 0.6) is 0 Å². The monoisotopic (exact) mass is 283 g/mol. The Labute approximate surface area is 119 Å². The van der Waals surface area contributed by atoms with E-state index in [0.717, 1.165) is 0 Å². The zero-order valence-electron chi connectivity index (χ0n) is 11.9. The number of carbonyl (C=O) groups excluding carboxylic acids is 1. The summed E-state index contributed by atoms with van der Waals surface area (Å²) < 4.78 is 18.3. The Morgan fingerprint density at radius 2 is 2.20 bits per heavy atom. The average Bonchev–Trinajstić information content (AvgIpc) is 2.40. The molecule has 4 nitrogen and oxygen atoms in total. The van der Waals surface area contributed by atoms with E-state index in [-0.39, 0.29) is 18.9 Å². The maximum Gasteiger partial charge on any atom is 0.222 e. The van der Waals surface area contributed by atoms with E-state index in [1.54, 1.807) is 6.07 Å². The number of hydrogen-bond acceptors (Lipinski definition) is 3. The van der Waals surface area contributed by atoms with Crippen molar-refractivity contribution >= 4 is 5.91 Å². The molecule has 0 aliphatic heterocycles. The van der Waals surface area contributed by atoms with Crippen molar-refractivity contribution in [2.45, 2.75) is 26.4 Å². The fourth-order valence-electron chi connectivity index (χ4n) is 1.61. The lowest BCUT2D eigenvalue weighted by atomic mass is 10.1. The number of aliphatic hydroxyl groups excluding tert-OH is 1. The van der Waals surface area contributed by atoms with E-state index >= 15 is 0 Å². The summed E-state index contributed by atoms with van der Waals surface area (Å²) in [5, 5.41) is 12.4. The van der Waals surface area contributed by atoms with Crippen LogP contribution in [0.3, 0.4) is 0 Å². The van der Waals surface area contributed by atoms with E-state index in [2.05, 4.69) is 5.32 Å². The first-order valence-corrected chi connectivity index (χ1v) is 6.77. The van der Waals surface area contributed by atoms with Crippen LogP contribution < -0.4 is 5.32 Å². The van der Waals surface area contributed by atoms with Gasteiger partial charge in [0.2, 0.25) is 5.91 Å². The maximum atomic E-state index is 13.0. The summed E-state index contributed by atoms with van der Waals surface area (Å²) in [6.45, 7) is 5.12. The molecule has 1 atom stereocenters. The number of aliphatic hydroxyl groups is 1. The van der Waals surface area contributed by atoms with Crippen LogP contribution in [0.15, 0.2) is 24.3 Å². The van der Waals surface area contributed by atoms with Crippen molar-refractivity contribution < 1.29 is 19.0 Å². The number of nitrogens with one attached hydrogen (secondary N) is 1. The van der Waals surface area contributed by atoms with Gasteiger partial charge in [0, 0.05) is 19.6 Å². The number of benzene rings is 1. The molecule has 1 rings (SSSR count). The molecule has 0 saturated heterocycles. The molecule has 2 N–H and O–H groups in total. The van der Waals surface area contributed by atoms with Gasteiger partial charge in [-0.1, -0.05) is 26.0 Å². The number of rotatable bonds is 8. The summed E-state index contributed by atoms with van der Waals surface area (Å²) in [5.74, 6) is -0.160. The average molecular weight is 283 g/mol. The molecular formula is C15H22FNO3. The molecule has 0 heterocycles. The standard InChI is InChI=1S/C15H22FNO3/c1-11(2)10-20-7-6-15(19)17-9-14(18)12-4-3-5-13(16)8-12/h3-5,8,11,14,18H,6-7,9-10H2,1-2H3,(H,17,19). The Kier molecular flexibility index (Phi) is 7.18. The molecule has 20 heavy (non-hydrogen) atoms. The highest BCUT2D eigenvalue weighted by Gasteiger charge is 2.10. The van der Waals surface area contributed by atoms with Gasteiger partial charge in [0.1, 0.15) is 5.82 Å². The minimum Gasteiger partial charge on any atom is -0.387 e. The van der Waals surface area contributed by atoms with Crippen molar-refractivity contribution in [2.75, 3.05) is 19.8 Å². The van der Waals surface area contributed by atoms with Crippen molar-refractivity contribution in [3.63, 3.8) is 0 Å². The second-order valence-electron chi connectivity index (χ2n) is 5.09. The molecule has 112 valence electrons. The highest BCUT2D eigenvalue weighted by molar-refractivity contribution is 5.75.